The molecule has 2 aromatic rings. The maximum atomic E-state index is 5.95. The number of ether oxygens (including phenoxy) is 1. The molecule has 0 spiro atoms. The van der Waals surface area contributed by atoms with Crippen molar-refractivity contribution < 1.29 is 4.74 Å². The van der Waals surface area contributed by atoms with Gasteiger partial charge in [-0.25, -0.2) is 9.50 Å². The van der Waals surface area contributed by atoms with Crippen molar-refractivity contribution >= 4 is 22.9 Å². The van der Waals surface area contributed by atoms with E-state index >= 15 is 0 Å². The molecule has 3 rings (SSSR count). The van der Waals surface area contributed by atoms with E-state index in [-0.39, 0.29) is 6.10 Å². The molecule has 1 aliphatic rings. The molecule has 0 aromatic carbocycles. The zero-order valence-corrected chi connectivity index (χ0v) is 10.0. The number of imidazole rings is 1. The minimum Gasteiger partial charge on any atom is -0.379 e. The largest absolute Gasteiger partial charge is 0.379 e. The van der Waals surface area contributed by atoms with Crippen LogP contribution in [0.5, 0.6) is 0 Å². The predicted molar refractivity (Wildman–Crippen MR) is 65.5 cm³/mol. The van der Waals surface area contributed by atoms with Gasteiger partial charge in [0.25, 0.3) is 0 Å². The Hall–Kier alpha value is -1.33. The number of rotatable bonds is 3. The fourth-order valence-corrected chi connectivity index (χ4v) is 2.24. The van der Waals surface area contributed by atoms with Crippen LogP contribution in [-0.4, -0.2) is 33.9 Å². The molecule has 1 aliphatic heterocycles. The van der Waals surface area contributed by atoms with E-state index in [1.165, 1.54) is 0 Å². The second-order valence-electron chi connectivity index (χ2n) is 4.09. The van der Waals surface area contributed by atoms with E-state index in [9.17, 15) is 0 Å². The van der Waals surface area contributed by atoms with Crippen LogP contribution < -0.4 is 5.32 Å². The average molecular weight is 253 g/mol. The summed E-state index contributed by atoms with van der Waals surface area (Å²) in [6, 6.07) is 1.79. The number of aromatic nitrogens is 3. The Morgan fingerprint density at radius 1 is 1.59 bits per heavy atom. The normalized spacial score (nSPS) is 19.9. The summed E-state index contributed by atoms with van der Waals surface area (Å²) in [5, 5.41) is 7.90. The van der Waals surface area contributed by atoms with E-state index in [0.717, 1.165) is 37.3 Å². The summed E-state index contributed by atoms with van der Waals surface area (Å²) in [6.07, 6.45) is 6.02. The minimum absolute atomic E-state index is 0.289. The summed E-state index contributed by atoms with van der Waals surface area (Å²) in [5.74, 6) is 0. The number of anilines is 1. The first-order valence-electron chi connectivity index (χ1n) is 5.68. The highest BCUT2D eigenvalue weighted by Gasteiger charge is 2.15. The molecule has 1 N–H and O–H groups in total. The number of halogens is 1. The molecule has 0 bridgehead atoms. The van der Waals surface area contributed by atoms with Crippen molar-refractivity contribution in [1.82, 2.24) is 14.6 Å². The Bertz CT molecular complexity index is 521. The Labute approximate surface area is 104 Å². The van der Waals surface area contributed by atoms with Crippen LogP contribution in [0.15, 0.2) is 18.5 Å². The predicted octanol–water partition coefficient (Wildman–Crippen LogP) is 1.97. The number of fused-ring (bicyclic) bond motifs is 1. The Morgan fingerprint density at radius 2 is 2.53 bits per heavy atom. The van der Waals surface area contributed by atoms with Gasteiger partial charge in [-0.05, 0) is 12.8 Å². The monoisotopic (exact) mass is 252 g/mol. The Kier molecular flexibility index (Phi) is 2.86. The lowest BCUT2D eigenvalue weighted by atomic mass is 10.2. The number of nitrogens with zero attached hydrogens (tertiary/aromatic N) is 3. The van der Waals surface area contributed by atoms with Crippen LogP contribution in [0.2, 0.25) is 5.15 Å². The van der Waals surface area contributed by atoms with Crippen LogP contribution in [0.25, 0.3) is 5.65 Å². The summed E-state index contributed by atoms with van der Waals surface area (Å²) in [4.78, 5) is 4.24. The van der Waals surface area contributed by atoms with E-state index in [4.69, 9.17) is 16.3 Å². The number of nitrogens with one attached hydrogen (secondary N) is 1. The number of hydrogen-bond donors (Lipinski definition) is 1. The molecule has 0 radical (unpaired) electrons. The fraction of sp³-hybridized carbons (Fsp3) is 0.455. The summed E-state index contributed by atoms with van der Waals surface area (Å²) in [5.41, 5.74) is 1.68. The van der Waals surface area contributed by atoms with Crippen LogP contribution in [-0.2, 0) is 4.74 Å². The third-order valence-corrected chi connectivity index (χ3v) is 3.06. The molecule has 0 unspecified atom stereocenters. The molecular formula is C11H13ClN4O. The maximum absolute atomic E-state index is 5.95. The molecular weight excluding hydrogens is 240 g/mol. The molecule has 6 heteroatoms. The SMILES string of the molecule is Clc1cc(NC[C@H]2CCCO2)c2nccn2n1. The van der Waals surface area contributed by atoms with Crippen LogP contribution >= 0.6 is 11.6 Å². The van der Waals surface area contributed by atoms with Crippen molar-refractivity contribution in [2.24, 2.45) is 0 Å². The van der Waals surface area contributed by atoms with Gasteiger partial charge in [0.1, 0.15) is 0 Å². The zero-order chi connectivity index (χ0) is 11.7. The third kappa shape index (κ3) is 2.21. The number of hydrogen-bond acceptors (Lipinski definition) is 4. The van der Waals surface area contributed by atoms with Crippen LogP contribution in [0.3, 0.4) is 0 Å². The quantitative estimate of drug-likeness (QED) is 0.908. The third-order valence-electron chi connectivity index (χ3n) is 2.87. The molecule has 1 saturated heterocycles. The van der Waals surface area contributed by atoms with Crippen molar-refractivity contribution in [3.63, 3.8) is 0 Å². The van der Waals surface area contributed by atoms with E-state index in [1.807, 2.05) is 0 Å². The summed E-state index contributed by atoms with van der Waals surface area (Å²) in [6.45, 7) is 1.64. The molecule has 0 aliphatic carbocycles. The van der Waals surface area contributed by atoms with Crippen LogP contribution in [0.1, 0.15) is 12.8 Å². The standard InChI is InChI=1S/C11H13ClN4O/c12-10-6-9(11-13-3-4-16(11)15-10)14-7-8-2-1-5-17-8/h3-4,6,8,14H,1-2,5,7H2/t8-/m1/s1. The van der Waals surface area contributed by atoms with Gasteiger partial charge in [0.15, 0.2) is 10.8 Å². The van der Waals surface area contributed by atoms with Crippen molar-refractivity contribution in [2.45, 2.75) is 18.9 Å². The topological polar surface area (TPSA) is 51.5 Å². The molecule has 1 atom stereocenters. The van der Waals surface area contributed by atoms with E-state index in [1.54, 1.807) is 23.0 Å². The van der Waals surface area contributed by atoms with Gasteiger partial charge < -0.3 is 10.1 Å². The highest BCUT2D eigenvalue weighted by molar-refractivity contribution is 6.29. The van der Waals surface area contributed by atoms with Gasteiger partial charge in [0.2, 0.25) is 0 Å². The summed E-state index contributed by atoms with van der Waals surface area (Å²) in [7, 11) is 0. The highest BCUT2D eigenvalue weighted by atomic mass is 35.5. The zero-order valence-electron chi connectivity index (χ0n) is 9.27. The molecule has 3 heterocycles. The lowest BCUT2D eigenvalue weighted by Gasteiger charge is -2.12. The van der Waals surface area contributed by atoms with Gasteiger partial charge in [0, 0.05) is 31.6 Å². The molecule has 0 saturated carbocycles. The lowest BCUT2D eigenvalue weighted by molar-refractivity contribution is 0.120. The molecule has 0 amide bonds. The Morgan fingerprint density at radius 3 is 3.35 bits per heavy atom. The van der Waals surface area contributed by atoms with E-state index < -0.39 is 0 Å². The molecule has 17 heavy (non-hydrogen) atoms. The van der Waals surface area contributed by atoms with Gasteiger partial charge in [-0.2, -0.15) is 5.10 Å². The average Bonchev–Trinajstić information content (AvgIpc) is 2.95. The summed E-state index contributed by atoms with van der Waals surface area (Å²) < 4.78 is 7.23. The first kappa shape index (κ1) is 10.8. The van der Waals surface area contributed by atoms with E-state index in [0.29, 0.717) is 5.15 Å². The van der Waals surface area contributed by atoms with Crippen molar-refractivity contribution in [3.05, 3.63) is 23.6 Å². The van der Waals surface area contributed by atoms with Crippen molar-refractivity contribution in [3.8, 4) is 0 Å². The second kappa shape index (κ2) is 4.50. The second-order valence-corrected chi connectivity index (χ2v) is 4.48. The molecule has 2 aromatic heterocycles. The van der Waals surface area contributed by atoms with Gasteiger partial charge in [-0.15, -0.1) is 0 Å². The van der Waals surface area contributed by atoms with Gasteiger partial charge in [-0.3, -0.25) is 0 Å². The van der Waals surface area contributed by atoms with Gasteiger partial charge >= 0.3 is 0 Å². The lowest BCUT2D eigenvalue weighted by Crippen LogP contribution is -2.19. The maximum Gasteiger partial charge on any atom is 0.177 e. The molecule has 1 fully saturated rings. The van der Waals surface area contributed by atoms with Gasteiger partial charge in [0.05, 0.1) is 11.8 Å². The smallest absolute Gasteiger partial charge is 0.177 e. The van der Waals surface area contributed by atoms with Crippen LogP contribution in [0, 0.1) is 0 Å². The molecule has 5 nitrogen and oxygen atoms in total. The minimum atomic E-state index is 0.289. The highest BCUT2D eigenvalue weighted by Crippen LogP contribution is 2.20. The van der Waals surface area contributed by atoms with Gasteiger partial charge in [-0.1, -0.05) is 11.6 Å². The Balaban J connectivity index is 1.81. The first-order valence-corrected chi connectivity index (χ1v) is 6.06. The van der Waals surface area contributed by atoms with Crippen molar-refractivity contribution in [2.75, 3.05) is 18.5 Å². The first-order chi connectivity index (χ1) is 8.33. The fourth-order valence-electron chi connectivity index (χ4n) is 2.05. The van der Waals surface area contributed by atoms with Crippen LogP contribution in [0.4, 0.5) is 5.69 Å². The summed E-state index contributed by atoms with van der Waals surface area (Å²) >= 11 is 5.95. The molecule has 90 valence electrons. The van der Waals surface area contributed by atoms with E-state index in [2.05, 4.69) is 15.4 Å². The van der Waals surface area contributed by atoms with Crippen molar-refractivity contribution in [1.29, 1.82) is 0 Å².